The van der Waals surface area contributed by atoms with Crippen molar-refractivity contribution in [3.8, 4) is 0 Å². The van der Waals surface area contributed by atoms with E-state index in [9.17, 15) is 4.79 Å². The third-order valence-corrected chi connectivity index (χ3v) is 2.86. The van der Waals surface area contributed by atoms with E-state index in [1.807, 2.05) is 30.3 Å². The topological polar surface area (TPSA) is 76.7 Å². The SMILES string of the molecule is CCCN=C(N)NCCCCC(=O)OCc1ccccc1. The van der Waals surface area contributed by atoms with Gasteiger partial charge in [0.2, 0.25) is 0 Å². The summed E-state index contributed by atoms with van der Waals surface area (Å²) in [4.78, 5) is 15.7. The molecule has 0 saturated carbocycles. The minimum Gasteiger partial charge on any atom is -0.461 e. The number of aliphatic imine (C=N–C) groups is 1. The van der Waals surface area contributed by atoms with E-state index in [0.717, 1.165) is 37.9 Å². The molecule has 0 radical (unpaired) electrons. The highest BCUT2D eigenvalue weighted by Gasteiger charge is 2.03. The summed E-state index contributed by atoms with van der Waals surface area (Å²) in [5.41, 5.74) is 6.67. The fourth-order valence-electron chi connectivity index (χ4n) is 1.71. The molecule has 1 rings (SSSR count). The summed E-state index contributed by atoms with van der Waals surface area (Å²) in [7, 11) is 0. The molecular formula is C16H25N3O2. The normalized spacial score (nSPS) is 11.2. The van der Waals surface area contributed by atoms with Crippen molar-refractivity contribution < 1.29 is 9.53 Å². The van der Waals surface area contributed by atoms with Crippen molar-refractivity contribution in [1.29, 1.82) is 0 Å². The van der Waals surface area contributed by atoms with Crippen LogP contribution in [0.25, 0.3) is 0 Å². The van der Waals surface area contributed by atoms with Gasteiger partial charge < -0.3 is 15.8 Å². The molecule has 5 nitrogen and oxygen atoms in total. The fraction of sp³-hybridized carbons (Fsp3) is 0.500. The molecule has 0 aliphatic carbocycles. The number of nitrogens with zero attached hydrogens (tertiary/aromatic N) is 1. The summed E-state index contributed by atoms with van der Waals surface area (Å²) < 4.78 is 5.20. The highest BCUT2D eigenvalue weighted by Crippen LogP contribution is 2.03. The summed E-state index contributed by atoms with van der Waals surface area (Å²) in [6.07, 6.45) is 3.06. The number of guanidine groups is 1. The van der Waals surface area contributed by atoms with Gasteiger partial charge in [-0.25, -0.2) is 0 Å². The molecule has 3 N–H and O–H groups in total. The Morgan fingerprint density at radius 2 is 2.05 bits per heavy atom. The van der Waals surface area contributed by atoms with Crippen molar-refractivity contribution >= 4 is 11.9 Å². The van der Waals surface area contributed by atoms with Crippen LogP contribution in [0.4, 0.5) is 0 Å². The Morgan fingerprint density at radius 3 is 2.76 bits per heavy atom. The molecule has 0 aliphatic rings. The van der Waals surface area contributed by atoms with Gasteiger partial charge in [0.25, 0.3) is 0 Å². The molecule has 0 unspecified atom stereocenters. The van der Waals surface area contributed by atoms with E-state index >= 15 is 0 Å². The largest absolute Gasteiger partial charge is 0.461 e. The van der Waals surface area contributed by atoms with Gasteiger partial charge >= 0.3 is 5.97 Å². The van der Waals surface area contributed by atoms with Gasteiger partial charge in [-0.1, -0.05) is 37.3 Å². The number of ether oxygens (including phenoxy) is 1. The van der Waals surface area contributed by atoms with Crippen molar-refractivity contribution in [3.05, 3.63) is 35.9 Å². The molecule has 116 valence electrons. The van der Waals surface area contributed by atoms with Gasteiger partial charge in [0.05, 0.1) is 0 Å². The van der Waals surface area contributed by atoms with E-state index < -0.39 is 0 Å². The van der Waals surface area contributed by atoms with Crippen LogP contribution >= 0.6 is 0 Å². The number of nitrogens with one attached hydrogen (secondary N) is 1. The molecule has 0 saturated heterocycles. The summed E-state index contributed by atoms with van der Waals surface area (Å²) in [6.45, 7) is 3.86. The third kappa shape index (κ3) is 8.68. The van der Waals surface area contributed by atoms with Crippen LogP contribution in [0.15, 0.2) is 35.3 Å². The molecule has 1 aromatic carbocycles. The zero-order chi connectivity index (χ0) is 15.3. The van der Waals surface area contributed by atoms with Crippen LogP contribution in [0.1, 0.15) is 38.2 Å². The van der Waals surface area contributed by atoms with Crippen molar-refractivity contribution in [2.45, 2.75) is 39.2 Å². The van der Waals surface area contributed by atoms with Crippen LogP contribution in [-0.4, -0.2) is 25.0 Å². The van der Waals surface area contributed by atoms with E-state index in [1.54, 1.807) is 0 Å². The molecule has 21 heavy (non-hydrogen) atoms. The Balaban J connectivity index is 2.03. The Hall–Kier alpha value is -2.04. The van der Waals surface area contributed by atoms with Gasteiger partial charge in [-0.2, -0.15) is 0 Å². The quantitative estimate of drug-likeness (QED) is 0.316. The lowest BCUT2D eigenvalue weighted by atomic mass is 10.2. The Bertz CT molecular complexity index is 432. The maximum Gasteiger partial charge on any atom is 0.306 e. The highest BCUT2D eigenvalue weighted by molar-refractivity contribution is 5.77. The predicted molar refractivity (Wildman–Crippen MR) is 84.9 cm³/mol. The van der Waals surface area contributed by atoms with Gasteiger partial charge in [-0.3, -0.25) is 9.79 Å². The first-order valence-corrected chi connectivity index (χ1v) is 7.45. The van der Waals surface area contributed by atoms with Crippen LogP contribution in [0.3, 0.4) is 0 Å². The molecule has 1 aromatic rings. The van der Waals surface area contributed by atoms with Crippen LogP contribution in [0, 0.1) is 0 Å². The number of rotatable bonds is 9. The highest BCUT2D eigenvalue weighted by atomic mass is 16.5. The second-order valence-electron chi connectivity index (χ2n) is 4.80. The molecule has 0 atom stereocenters. The predicted octanol–water partition coefficient (Wildman–Crippen LogP) is 2.21. The summed E-state index contributed by atoms with van der Waals surface area (Å²) in [5, 5.41) is 3.02. The van der Waals surface area contributed by atoms with Crippen molar-refractivity contribution in [2.24, 2.45) is 10.7 Å². The van der Waals surface area contributed by atoms with E-state index in [-0.39, 0.29) is 5.97 Å². The molecule has 5 heteroatoms. The average molecular weight is 291 g/mol. The Labute approximate surface area is 126 Å². The molecule has 0 heterocycles. The number of hydrogen-bond donors (Lipinski definition) is 2. The number of nitrogens with two attached hydrogens (primary N) is 1. The zero-order valence-corrected chi connectivity index (χ0v) is 12.7. The van der Waals surface area contributed by atoms with Gasteiger partial charge in [0.1, 0.15) is 6.61 Å². The molecule has 0 fully saturated rings. The van der Waals surface area contributed by atoms with Gasteiger partial charge in [0.15, 0.2) is 5.96 Å². The molecule has 0 bridgehead atoms. The van der Waals surface area contributed by atoms with Gasteiger partial charge in [-0.05, 0) is 24.8 Å². The Morgan fingerprint density at radius 1 is 1.29 bits per heavy atom. The third-order valence-electron chi connectivity index (χ3n) is 2.86. The number of carbonyl (C=O) groups excluding carboxylic acids is 1. The van der Waals surface area contributed by atoms with Crippen molar-refractivity contribution in [3.63, 3.8) is 0 Å². The van der Waals surface area contributed by atoms with Crippen molar-refractivity contribution in [1.82, 2.24) is 5.32 Å². The van der Waals surface area contributed by atoms with E-state index in [4.69, 9.17) is 10.5 Å². The van der Waals surface area contributed by atoms with E-state index in [1.165, 1.54) is 0 Å². The number of esters is 1. The lowest BCUT2D eigenvalue weighted by molar-refractivity contribution is -0.145. The minimum absolute atomic E-state index is 0.161. The molecule has 0 amide bonds. The van der Waals surface area contributed by atoms with Gasteiger partial charge in [-0.15, -0.1) is 0 Å². The number of carbonyl (C=O) groups is 1. The van der Waals surface area contributed by atoms with Crippen LogP contribution in [0.5, 0.6) is 0 Å². The Kier molecular flexibility index (Phi) is 8.68. The minimum atomic E-state index is -0.161. The van der Waals surface area contributed by atoms with Gasteiger partial charge in [0, 0.05) is 19.5 Å². The number of unbranched alkanes of at least 4 members (excludes halogenated alkanes) is 1. The number of hydrogen-bond acceptors (Lipinski definition) is 3. The molecule has 0 spiro atoms. The second-order valence-corrected chi connectivity index (χ2v) is 4.80. The summed E-state index contributed by atoms with van der Waals surface area (Å²) in [5.74, 6) is 0.315. The monoisotopic (exact) mass is 291 g/mol. The molecule has 0 aliphatic heterocycles. The average Bonchev–Trinajstić information content (AvgIpc) is 2.51. The number of benzene rings is 1. The molecule has 0 aromatic heterocycles. The summed E-state index contributed by atoms with van der Waals surface area (Å²) in [6, 6.07) is 9.68. The lowest BCUT2D eigenvalue weighted by Gasteiger charge is -2.06. The maximum absolute atomic E-state index is 11.6. The standard InChI is InChI=1S/C16H25N3O2/c1-2-11-18-16(17)19-12-7-6-10-15(20)21-13-14-8-4-3-5-9-14/h3-5,8-9H,2,6-7,10-13H2,1H3,(H3,17,18,19). The first-order valence-electron chi connectivity index (χ1n) is 7.45. The van der Waals surface area contributed by atoms with E-state index in [0.29, 0.717) is 19.0 Å². The zero-order valence-electron chi connectivity index (χ0n) is 12.7. The van der Waals surface area contributed by atoms with E-state index in [2.05, 4.69) is 17.2 Å². The second kappa shape index (κ2) is 10.7. The fourth-order valence-corrected chi connectivity index (χ4v) is 1.71. The smallest absolute Gasteiger partial charge is 0.306 e. The first kappa shape index (κ1) is 17.0. The van der Waals surface area contributed by atoms with Crippen LogP contribution < -0.4 is 11.1 Å². The maximum atomic E-state index is 11.6. The molecular weight excluding hydrogens is 266 g/mol. The van der Waals surface area contributed by atoms with Crippen molar-refractivity contribution in [2.75, 3.05) is 13.1 Å². The van der Waals surface area contributed by atoms with Crippen LogP contribution in [-0.2, 0) is 16.1 Å². The summed E-state index contributed by atoms with van der Waals surface area (Å²) >= 11 is 0. The lowest BCUT2D eigenvalue weighted by Crippen LogP contribution is -2.32. The first-order chi connectivity index (χ1) is 10.2. The van der Waals surface area contributed by atoms with Crippen LogP contribution in [0.2, 0.25) is 0 Å².